The SMILES string of the molecule is O=C(NCCc1cscn1)C1CNc2ccccc21. The normalized spacial score (nSPS) is 16.7. The lowest BCUT2D eigenvalue weighted by Crippen LogP contribution is -2.31. The van der Waals surface area contributed by atoms with Crippen LogP contribution in [-0.2, 0) is 11.2 Å². The van der Waals surface area contributed by atoms with Crippen molar-refractivity contribution in [3.05, 3.63) is 46.4 Å². The molecule has 1 amide bonds. The van der Waals surface area contributed by atoms with Crippen LogP contribution in [0.5, 0.6) is 0 Å². The van der Waals surface area contributed by atoms with Crippen LogP contribution in [0, 0.1) is 0 Å². The molecule has 98 valence electrons. The Balaban J connectivity index is 1.57. The minimum Gasteiger partial charge on any atom is -0.384 e. The molecule has 0 aliphatic carbocycles. The highest BCUT2D eigenvalue weighted by Crippen LogP contribution is 2.30. The Morgan fingerprint density at radius 2 is 2.37 bits per heavy atom. The molecule has 4 nitrogen and oxygen atoms in total. The molecular weight excluding hydrogens is 258 g/mol. The first-order chi connectivity index (χ1) is 9.34. The van der Waals surface area contributed by atoms with Crippen molar-refractivity contribution >= 4 is 22.9 Å². The van der Waals surface area contributed by atoms with Crippen LogP contribution in [0.2, 0.25) is 0 Å². The summed E-state index contributed by atoms with van der Waals surface area (Å²) in [5.41, 5.74) is 5.01. The second-order valence-corrected chi connectivity index (χ2v) is 5.26. The molecule has 1 atom stereocenters. The van der Waals surface area contributed by atoms with Gasteiger partial charge < -0.3 is 10.6 Å². The molecule has 3 rings (SSSR count). The van der Waals surface area contributed by atoms with Gasteiger partial charge in [-0.2, -0.15) is 0 Å². The Morgan fingerprint density at radius 3 is 3.21 bits per heavy atom. The fraction of sp³-hybridized carbons (Fsp3) is 0.286. The van der Waals surface area contributed by atoms with Crippen molar-refractivity contribution in [1.29, 1.82) is 0 Å². The summed E-state index contributed by atoms with van der Waals surface area (Å²) in [5, 5.41) is 8.27. The lowest BCUT2D eigenvalue weighted by atomic mass is 10.0. The number of carbonyl (C=O) groups is 1. The molecular formula is C14H15N3OS. The summed E-state index contributed by atoms with van der Waals surface area (Å²) in [6.07, 6.45) is 0.789. The third-order valence-electron chi connectivity index (χ3n) is 3.31. The molecule has 1 aromatic heterocycles. The molecule has 2 heterocycles. The van der Waals surface area contributed by atoms with E-state index in [9.17, 15) is 4.79 Å². The number of nitrogens with zero attached hydrogens (tertiary/aromatic N) is 1. The summed E-state index contributed by atoms with van der Waals surface area (Å²) >= 11 is 1.58. The number of amides is 1. The van der Waals surface area contributed by atoms with Gasteiger partial charge in [0.05, 0.1) is 17.1 Å². The monoisotopic (exact) mass is 273 g/mol. The number of hydrogen-bond acceptors (Lipinski definition) is 4. The minimum absolute atomic E-state index is 0.0772. The summed E-state index contributed by atoms with van der Waals surface area (Å²) in [4.78, 5) is 16.4. The first kappa shape index (κ1) is 12.2. The quantitative estimate of drug-likeness (QED) is 0.896. The van der Waals surface area contributed by atoms with E-state index in [4.69, 9.17) is 0 Å². The maximum absolute atomic E-state index is 12.2. The molecule has 0 fully saturated rings. The topological polar surface area (TPSA) is 54.0 Å². The number of benzene rings is 1. The number of hydrogen-bond donors (Lipinski definition) is 2. The summed E-state index contributed by atoms with van der Waals surface area (Å²) < 4.78 is 0. The Bertz CT molecular complexity index is 568. The molecule has 0 radical (unpaired) electrons. The number of rotatable bonds is 4. The van der Waals surface area contributed by atoms with Crippen molar-refractivity contribution in [3.63, 3.8) is 0 Å². The zero-order chi connectivity index (χ0) is 13.1. The number of nitrogens with one attached hydrogen (secondary N) is 2. The summed E-state index contributed by atoms with van der Waals surface area (Å²) in [7, 11) is 0. The van der Waals surface area contributed by atoms with Crippen LogP contribution in [-0.4, -0.2) is 24.0 Å². The highest BCUT2D eigenvalue weighted by molar-refractivity contribution is 7.07. The largest absolute Gasteiger partial charge is 0.384 e. The summed E-state index contributed by atoms with van der Waals surface area (Å²) in [6.45, 7) is 1.32. The van der Waals surface area contributed by atoms with Crippen molar-refractivity contribution in [2.24, 2.45) is 0 Å². The van der Waals surface area contributed by atoms with Gasteiger partial charge in [0, 0.05) is 30.6 Å². The van der Waals surface area contributed by atoms with E-state index in [2.05, 4.69) is 15.6 Å². The smallest absolute Gasteiger partial charge is 0.229 e. The molecule has 1 aromatic carbocycles. The van der Waals surface area contributed by atoms with Crippen LogP contribution < -0.4 is 10.6 Å². The first-order valence-corrected chi connectivity index (χ1v) is 7.26. The number of thiazole rings is 1. The van der Waals surface area contributed by atoms with Gasteiger partial charge in [0.25, 0.3) is 0 Å². The van der Waals surface area contributed by atoms with E-state index < -0.39 is 0 Å². The highest BCUT2D eigenvalue weighted by Gasteiger charge is 2.27. The molecule has 2 aromatic rings. The van der Waals surface area contributed by atoms with E-state index >= 15 is 0 Å². The van der Waals surface area contributed by atoms with E-state index in [-0.39, 0.29) is 11.8 Å². The second-order valence-electron chi connectivity index (χ2n) is 4.54. The molecule has 0 spiro atoms. The predicted molar refractivity (Wildman–Crippen MR) is 76.5 cm³/mol. The van der Waals surface area contributed by atoms with Crippen LogP contribution >= 0.6 is 11.3 Å². The Labute approximate surface area is 115 Å². The van der Waals surface area contributed by atoms with Crippen molar-refractivity contribution in [1.82, 2.24) is 10.3 Å². The molecule has 1 unspecified atom stereocenters. The van der Waals surface area contributed by atoms with Crippen LogP contribution in [0.1, 0.15) is 17.2 Å². The summed E-state index contributed by atoms with van der Waals surface area (Å²) in [5.74, 6) is 0.0133. The fourth-order valence-corrected chi connectivity index (χ4v) is 2.91. The number of para-hydroxylation sites is 1. The van der Waals surface area contributed by atoms with Gasteiger partial charge in [0.2, 0.25) is 5.91 Å². The average molecular weight is 273 g/mol. The van der Waals surface area contributed by atoms with Gasteiger partial charge in [-0.25, -0.2) is 4.98 Å². The Morgan fingerprint density at radius 1 is 1.47 bits per heavy atom. The second kappa shape index (κ2) is 5.40. The first-order valence-electron chi connectivity index (χ1n) is 6.32. The van der Waals surface area contributed by atoms with E-state index in [1.165, 1.54) is 0 Å². The molecule has 19 heavy (non-hydrogen) atoms. The lowest BCUT2D eigenvalue weighted by molar-refractivity contribution is -0.122. The molecule has 2 N–H and O–H groups in total. The van der Waals surface area contributed by atoms with Crippen molar-refractivity contribution in [2.75, 3.05) is 18.4 Å². The number of aromatic nitrogens is 1. The standard InChI is InChI=1S/C14H15N3OS/c18-14(15-6-5-10-8-19-9-17-10)12-7-16-13-4-2-1-3-11(12)13/h1-4,8-9,12,16H,5-7H2,(H,15,18). The highest BCUT2D eigenvalue weighted by atomic mass is 32.1. The van der Waals surface area contributed by atoms with Crippen LogP contribution in [0.15, 0.2) is 35.2 Å². The van der Waals surface area contributed by atoms with Crippen LogP contribution in [0.25, 0.3) is 0 Å². The zero-order valence-electron chi connectivity index (χ0n) is 10.4. The van der Waals surface area contributed by atoms with Gasteiger partial charge in [0.15, 0.2) is 0 Å². The van der Waals surface area contributed by atoms with E-state index in [0.29, 0.717) is 13.1 Å². The molecule has 5 heteroatoms. The van der Waals surface area contributed by atoms with Gasteiger partial charge in [-0.1, -0.05) is 18.2 Å². The average Bonchev–Trinajstić information content (AvgIpc) is 3.07. The fourth-order valence-electron chi connectivity index (χ4n) is 2.32. The maximum atomic E-state index is 12.2. The maximum Gasteiger partial charge on any atom is 0.229 e. The van der Waals surface area contributed by atoms with E-state index in [0.717, 1.165) is 23.4 Å². The van der Waals surface area contributed by atoms with Gasteiger partial charge in [-0.15, -0.1) is 11.3 Å². The minimum atomic E-state index is -0.0772. The van der Waals surface area contributed by atoms with Gasteiger partial charge >= 0.3 is 0 Å². The van der Waals surface area contributed by atoms with Crippen molar-refractivity contribution in [3.8, 4) is 0 Å². The molecule has 0 saturated carbocycles. The van der Waals surface area contributed by atoms with Gasteiger partial charge in [-0.3, -0.25) is 4.79 Å². The van der Waals surface area contributed by atoms with Gasteiger partial charge in [0.1, 0.15) is 0 Å². The van der Waals surface area contributed by atoms with Gasteiger partial charge in [-0.05, 0) is 11.6 Å². The Kier molecular flexibility index (Phi) is 3.46. The van der Waals surface area contributed by atoms with E-state index in [1.807, 2.05) is 35.2 Å². The molecule has 1 aliphatic rings. The third kappa shape index (κ3) is 2.61. The van der Waals surface area contributed by atoms with Crippen LogP contribution in [0.4, 0.5) is 5.69 Å². The molecule has 0 saturated heterocycles. The van der Waals surface area contributed by atoms with E-state index in [1.54, 1.807) is 11.3 Å². The van der Waals surface area contributed by atoms with Crippen LogP contribution in [0.3, 0.4) is 0 Å². The lowest BCUT2D eigenvalue weighted by Gasteiger charge is -2.10. The molecule has 0 bridgehead atoms. The van der Waals surface area contributed by atoms with Crippen molar-refractivity contribution in [2.45, 2.75) is 12.3 Å². The predicted octanol–water partition coefficient (Wildman–Crippen LogP) is 2.01. The van der Waals surface area contributed by atoms with Crippen molar-refractivity contribution < 1.29 is 4.79 Å². The number of fused-ring (bicyclic) bond motifs is 1. The summed E-state index contributed by atoms with van der Waals surface area (Å²) in [6, 6.07) is 7.98. The number of carbonyl (C=O) groups excluding carboxylic acids is 1. The molecule has 1 aliphatic heterocycles. The Hall–Kier alpha value is -1.88. The zero-order valence-corrected chi connectivity index (χ0v) is 11.2. The number of anilines is 1. The third-order valence-corrected chi connectivity index (χ3v) is 3.95.